The molecule has 5 heteroatoms. The number of hydrogen-bond donors (Lipinski definition) is 0. The van der Waals surface area contributed by atoms with Gasteiger partial charge in [-0.15, -0.1) is 11.3 Å². The van der Waals surface area contributed by atoms with E-state index in [1.807, 2.05) is 6.07 Å². The van der Waals surface area contributed by atoms with Gasteiger partial charge in [0, 0.05) is 58.6 Å². The molecule has 0 atom stereocenters. The zero-order valence-electron chi connectivity index (χ0n) is 31.8. The van der Waals surface area contributed by atoms with Crippen LogP contribution in [0.15, 0.2) is 115 Å². The van der Waals surface area contributed by atoms with Gasteiger partial charge in [0.2, 0.25) is 0 Å². The maximum absolute atomic E-state index is 11.4. The van der Waals surface area contributed by atoms with Crippen LogP contribution in [0, 0.1) is 0 Å². The molecule has 5 rings (SSSR count). The molecule has 0 radical (unpaired) electrons. The van der Waals surface area contributed by atoms with Gasteiger partial charge in [-0.25, -0.2) is 0 Å². The predicted octanol–water partition coefficient (Wildman–Crippen LogP) is 14.4. The molecule has 52 heavy (non-hydrogen) atoms. The fourth-order valence-corrected chi connectivity index (χ4v) is 7.78. The number of thiophene rings is 1. The Labute approximate surface area is 318 Å². The molecule has 0 aliphatic carbocycles. The Morgan fingerprint density at radius 1 is 0.442 bits per heavy atom. The first-order valence-corrected chi connectivity index (χ1v) is 20.7. The Morgan fingerprint density at radius 2 is 0.846 bits per heavy atom. The Balaban J connectivity index is 1.63. The molecule has 1 aromatic heterocycles. The van der Waals surface area contributed by atoms with Gasteiger partial charge < -0.3 is 14.7 Å². The second kappa shape index (κ2) is 21.2. The second-order valence-corrected chi connectivity index (χ2v) is 15.0. The summed E-state index contributed by atoms with van der Waals surface area (Å²) in [6.07, 6.45) is 15.5. The summed E-state index contributed by atoms with van der Waals surface area (Å²) < 4.78 is 0. The summed E-state index contributed by atoms with van der Waals surface area (Å²) in [7, 11) is 0. The van der Waals surface area contributed by atoms with Gasteiger partial charge >= 0.3 is 0 Å². The third-order valence-electron chi connectivity index (χ3n) is 9.87. The van der Waals surface area contributed by atoms with Crippen molar-refractivity contribution in [2.24, 2.45) is 0 Å². The summed E-state index contributed by atoms with van der Waals surface area (Å²) in [5, 5.41) is 0. The van der Waals surface area contributed by atoms with Crippen LogP contribution in [0.4, 0.5) is 34.1 Å². The minimum atomic E-state index is 0.760. The van der Waals surface area contributed by atoms with Crippen LogP contribution in [0.5, 0.6) is 0 Å². The molecule has 0 aliphatic heterocycles. The van der Waals surface area contributed by atoms with Crippen LogP contribution >= 0.6 is 11.3 Å². The molecule has 0 saturated heterocycles. The van der Waals surface area contributed by atoms with Crippen molar-refractivity contribution in [1.82, 2.24) is 0 Å². The number of carbonyl (C=O) groups is 1. The quantitative estimate of drug-likeness (QED) is 0.0497. The molecule has 0 saturated carbocycles. The van der Waals surface area contributed by atoms with Crippen molar-refractivity contribution < 1.29 is 4.79 Å². The maximum atomic E-state index is 11.4. The van der Waals surface area contributed by atoms with Gasteiger partial charge in [0.15, 0.2) is 6.29 Å². The van der Waals surface area contributed by atoms with E-state index in [2.05, 4.69) is 145 Å². The summed E-state index contributed by atoms with van der Waals surface area (Å²) in [6.45, 7) is 9.75. The molecular formula is C47H59N3OS. The number of unbranched alkanes of at least 4 members (excludes halogenated alkanes) is 9. The number of hydrogen-bond acceptors (Lipinski definition) is 5. The van der Waals surface area contributed by atoms with Crippen molar-refractivity contribution in [3.8, 4) is 10.4 Å². The fraction of sp³-hybridized carbons (Fsp3) is 0.383. The van der Waals surface area contributed by atoms with Crippen LogP contribution in [0.25, 0.3) is 10.4 Å². The summed E-state index contributed by atoms with van der Waals surface area (Å²) in [6, 6.07) is 42.1. The highest BCUT2D eigenvalue weighted by atomic mass is 32.1. The molecule has 4 nitrogen and oxygen atoms in total. The Hall–Kier alpha value is -4.35. The van der Waals surface area contributed by atoms with Gasteiger partial charge in [-0.2, -0.15) is 0 Å². The third-order valence-corrected chi connectivity index (χ3v) is 10.9. The molecular weight excluding hydrogens is 655 g/mol. The van der Waals surface area contributed by atoms with E-state index in [9.17, 15) is 4.79 Å². The van der Waals surface area contributed by atoms with Crippen molar-refractivity contribution >= 4 is 51.7 Å². The third kappa shape index (κ3) is 11.1. The normalized spacial score (nSPS) is 11.1. The summed E-state index contributed by atoms with van der Waals surface area (Å²) in [4.78, 5) is 20.9. The van der Waals surface area contributed by atoms with Gasteiger partial charge in [-0.05, 0) is 91.6 Å². The van der Waals surface area contributed by atoms with E-state index >= 15 is 0 Å². The topological polar surface area (TPSA) is 26.8 Å². The molecule has 4 aromatic carbocycles. The van der Waals surface area contributed by atoms with E-state index in [-0.39, 0.29) is 0 Å². The zero-order chi connectivity index (χ0) is 36.4. The van der Waals surface area contributed by atoms with Crippen molar-refractivity contribution in [1.29, 1.82) is 0 Å². The van der Waals surface area contributed by atoms with Gasteiger partial charge in [-0.1, -0.05) is 127 Å². The smallest absolute Gasteiger partial charge is 0.160 e. The zero-order valence-corrected chi connectivity index (χ0v) is 32.6. The van der Waals surface area contributed by atoms with Crippen molar-refractivity contribution in [3.63, 3.8) is 0 Å². The van der Waals surface area contributed by atoms with Crippen LogP contribution in [-0.2, 0) is 0 Å². The lowest BCUT2D eigenvalue weighted by Gasteiger charge is -2.33. The summed E-state index contributed by atoms with van der Waals surface area (Å²) >= 11 is 1.55. The van der Waals surface area contributed by atoms with Crippen LogP contribution in [0.2, 0.25) is 0 Å². The minimum Gasteiger partial charge on any atom is -0.341 e. The van der Waals surface area contributed by atoms with Gasteiger partial charge in [0.1, 0.15) is 0 Å². The average molecular weight is 714 g/mol. The summed E-state index contributed by atoms with van der Waals surface area (Å²) in [5.41, 5.74) is 8.51. The van der Waals surface area contributed by atoms with E-state index in [0.717, 1.165) is 60.5 Å². The lowest BCUT2D eigenvalue weighted by Crippen LogP contribution is -2.24. The van der Waals surface area contributed by atoms with Crippen LogP contribution < -0.4 is 14.7 Å². The van der Waals surface area contributed by atoms with Crippen LogP contribution in [0.1, 0.15) is 107 Å². The number of rotatable bonds is 23. The van der Waals surface area contributed by atoms with Gasteiger partial charge in [0.25, 0.3) is 0 Å². The van der Waals surface area contributed by atoms with E-state index in [4.69, 9.17) is 0 Å². The average Bonchev–Trinajstić information content (AvgIpc) is 3.68. The van der Waals surface area contributed by atoms with Crippen molar-refractivity contribution in [3.05, 3.63) is 120 Å². The second-order valence-electron chi connectivity index (χ2n) is 13.9. The molecule has 0 spiro atoms. The Bertz CT molecular complexity index is 1660. The molecule has 5 aromatic rings. The number of benzene rings is 4. The Morgan fingerprint density at radius 3 is 1.21 bits per heavy atom. The highest BCUT2D eigenvalue weighted by Crippen LogP contribution is 2.40. The Kier molecular flexibility index (Phi) is 15.9. The van der Waals surface area contributed by atoms with Gasteiger partial charge in [-0.3, -0.25) is 4.79 Å². The number of anilines is 6. The number of carbonyl (C=O) groups excluding carboxylic acids is 1. The van der Waals surface area contributed by atoms with E-state index in [1.165, 1.54) is 91.9 Å². The first-order chi connectivity index (χ1) is 25.6. The molecule has 274 valence electrons. The monoisotopic (exact) mass is 713 g/mol. The molecule has 1 heterocycles. The fourth-order valence-electron chi connectivity index (χ4n) is 6.95. The number of para-hydroxylation sites is 2. The molecule has 0 fully saturated rings. The summed E-state index contributed by atoms with van der Waals surface area (Å²) in [5.74, 6) is 0. The predicted molar refractivity (Wildman–Crippen MR) is 228 cm³/mol. The number of nitrogens with zero attached hydrogens (tertiary/aromatic N) is 3. The minimum absolute atomic E-state index is 0.760. The lowest BCUT2D eigenvalue weighted by molar-refractivity contribution is 0.112. The van der Waals surface area contributed by atoms with Crippen molar-refractivity contribution in [2.45, 2.75) is 97.8 Å². The largest absolute Gasteiger partial charge is 0.341 e. The first-order valence-electron chi connectivity index (χ1n) is 19.9. The van der Waals surface area contributed by atoms with Crippen LogP contribution in [0.3, 0.4) is 0 Å². The van der Waals surface area contributed by atoms with E-state index in [1.54, 1.807) is 11.3 Å². The maximum Gasteiger partial charge on any atom is 0.160 e. The molecule has 0 aliphatic rings. The van der Waals surface area contributed by atoms with Crippen LogP contribution in [-0.4, -0.2) is 25.9 Å². The van der Waals surface area contributed by atoms with E-state index in [0.29, 0.717) is 0 Å². The molecule has 0 bridgehead atoms. The molecule has 0 amide bonds. The van der Waals surface area contributed by atoms with E-state index < -0.39 is 0 Å². The highest BCUT2D eigenvalue weighted by Gasteiger charge is 2.19. The number of aldehydes is 1. The van der Waals surface area contributed by atoms with Gasteiger partial charge in [0.05, 0.1) is 4.88 Å². The lowest BCUT2D eigenvalue weighted by atomic mass is 10.1. The molecule has 0 unspecified atom stereocenters. The first kappa shape index (κ1) is 38.9. The SMILES string of the molecule is CCCCCCN(c1ccccc1)c1cc(N(CCCCCC)c2ccccc2)cc(N(CCCCCC)c2ccc(-c3ccc(C=O)s3)cc2)c1. The molecule has 0 N–H and O–H groups in total. The highest BCUT2D eigenvalue weighted by molar-refractivity contribution is 7.17. The van der Waals surface area contributed by atoms with Crippen molar-refractivity contribution in [2.75, 3.05) is 34.3 Å². The standard InChI is InChI=1S/C47H59N3OS/c1-4-7-10-19-32-48(40-22-15-13-16-23-40)43-35-44(49(33-20-11-8-5-2)41-24-17-14-18-25-41)37-45(36-43)50(34-21-12-9-6-3)42-28-26-39(27-29-42)47-31-30-46(38-51)52-47/h13-18,22-31,35-38H,4-12,19-21,32-34H2,1-3H3.